The van der Waals surface area contributed by atoms with E-state index in [0.29, 0.717) is 10.6 Å². The number of thioether (sulfide) groups is 1. The Hall–Kier alpha value is -1.23. The van der Waals surface area contributed by atoms with Crippen LogP contribution in [0.1, 0.15) is 39.3 Å². The number of hydrogen-bond acceptors (Lipinski definition) is 3. The van der Waals surface area contributed by atoms with Gasteiger partial charge in [0.05, 0.1) is 10.8 Å². The van der Waals surface area contributed by atoms with Gasteiger partial charge in [-0.2, -0.15) is 0 Å². The molecule has 1 aromatic rings. The Kier molecular flexibility index (Phi) is 4.03. The Bertz CT molecular complexity index is 473. The lowest BCUT2D eigenvalue weighted by Gasteiger charge is -2.17. The third kappa shape index (κ3) is 3.93. The van der Waals surface area contributed by atoms with Crippen LogP contribution in [0.5, 0.6) is 0 Å². The number of aromatic nitrogens is 1. The van der Waals surface area contributed by atoms with E-state index in [0.717, 1.165) is 0 Å². The van der Waals surface area contributed by atoms with Crippen molar-refractivity contribution in [2.45, 2.75) is 43.3 Å². The number of aliphatic carboxylic acids is 1. The standard InChI is InChI=1S/C12H17NO3S/c1-7(11(15)16)8-5-9(14)10(6-13-8)17-12(2,3)4/h5-7H,1-4H3,(H,13,14)(H,15,16). The fourth-order valence-corrected chi connectivity index (χ4v) is 2.20. The summed E-state index contributed by atoms with van der Waals surface area (Å²) in [5.74, 6) is -1.65. The first-order valence-corrected chi connectivity index (χ1v) is 6.17. The molecule has 0 spiro atoms. The Morgan fingerprint density at radius 1 is 1.47 bits per heavy atom. The van der Waals surface area contributed by atoms with Crippen molar-refractivity contribution in [2.24, 2.45) is 0 Å². The van der Waals surface area contributed by atoms with Gasteiger partial charge in [-0.05, 0) is 6.92 Å². The Morgan fingerprint density at radius 3 is 2.47 bits per heavy atom. The van der Waals surface area contributed by atoms with Gasteiger partial charge in [-0.15, -0.1) is 11.8 Å². The molecule has 0 aliphatic rings. The summed E-state index contributed by atoms with van der Waals surface area (Å²) >= 11 is 1.46. The second kappa shape index (κ2) is 4.96. The van der Waals surface area contributed by atoms with Crippen LogP contribution in [-0.4, -0.2) is 20.8 Å². The molecule has 0 aliphatic heterocycles. The quantitative estimate of drug-likeness (QED) is 0.814. The van der Waals surface area contributed by atoms with E-state index >= 15 is 0 Å². The van der Waals surface area contributed by atoms with E-state index in [4.69, 9.17) is 5.11 Å². The van der Waals surface area contributed by atoms with E-state index in [-0.39, 0.29) is 10.2 Å². The largest absolute Gasteiger partial charge is 0.481 e. The highest BCUT2D eigenvalue weighted by Crippen LogP contribution is 2.29. The van der Waals surface area contributed by atoms with Crippen LogP contribution < -0.4 is 5.43 Å². The maximum absolute atomic E-state index is 11.8. The van der Waals surface area contributed by atoms with Gasteiger partial charge in [-0.1, -0.05) is 20.8 Å². The molecule has 1 unspecified atom stereocenters. The second-order valence-electron chi connectivity index (χ2n) is 4.89. The summed E-state index contributed by atoms with van der Waals surface area (Å²) in [5, 5.41) is 8.85. The number of carboxylic acids is 1. The molecule has 94 valence electrons. The van der Waals surface area contributed by atoms with E-state index in [1.807, 2.05) is 20.8 Å². The number of rotatable bonds is 3. The molecule has 1 rings (SSSR count). The predicted octanol–water partition coefficient (Wildman–Crippen LogP) is 2.45. The predicted molar refractivity (Wildman–Crippen MR) is 68.7 cm³/mol. The first kappa shape index (κ1) is 13.8. The van der Waals surface area contributed by atoms with Gasteiger partial charge in [0.25, 0.3) is 0 Å². The first-order valence-electron chi connectivity index (χ1n) is 5.35. The molecule has 1 heterocycles. The zero-order valence-electron chi connectivity index (χ0n) is 10.4. The number of pyridine rings is 1. The minimum absolute atomic E-state index is 0.0487. The van der Waals surface area contributed by atoms with Crippen LogP contribution in [0.15, 0.2) is 22.0 Å². The molecule has 17 heavy (non-hydrogen) atoms. The molecule has 1 aromatic heterocycles. The number of hydrogen-bond donors (Lipinski definition) is 2. The summed E-state index contributed by atoms with van der Waals surface area (Å²) in [5.41, 5.74) is 0.299. The molecule has 0 aliphatic carbocycles. The van der Waals surface area contributed by atoms with Gasteiger partial charge >= 0.3 is 5.97 Å². The molecule has 0 amide bonds. The highest BCUT2D eigenvalue weighted by atomic mass is 32.2. The van der Waals surface area contributed by atoms with Crippen LogP contribution in [-0.2, 0) is 4.79 Å². The number of H-pyrrole nitrogens is 1. The molecule has 0 saturated heterocycles. The molecular formula is C12H17NO3S. The molecule has 0 fully saturated rings. The van der Waals surface area contributed by atoms with Crippen molar-refractivity contribution >= 4 is 17.7 Å². The van der Waals surface area contributed by atoms with Crippen LogP contribution in [0.2, 0.25) is 0 Å². The summed E-state index contributed by atoms with van der Waals surface area (Å²) in [6, 6.07) is 1.37. The summed E-state index contributed by atoms with van der Waals surface area (Å²) in [6.45, 7) is 7.60. The van der Waals surface area contributed by atoms with Crippen molar-refractivity contribution in [2.75, 3.05) is 0 Å². The summed E-state index contributed by atoms with van der Waals surface area (Å²) in [6.07, 6.45) is 1.59. The van der Waals surface area contributed by atoms with E-state index in [1.54, 1.807) is 13.1 Å². The van der Waals surface area contributed by atoms with Crippen molar-refractivity contribution in [1.29, 1.82) is 0 Å². The van der Waals surface area contributed by atoms with Crippen LogP contribution >= 0.6 is 11.8 Å². The zero-order chi connectivity index (χ0) is 13.2. The molecule has 0 aromatic carbocycles. The van der Waals surface area contributed by atoms with Crippen molar-refractivity contribution < 1.29 is 9.90 Å². The third-order valence-electron chi connectivity index (χ3n) is 2.15. The number of aromatic amines is 1. The SMILES string of the molecule is CC(C(=O)O)c1cc(=O)c(SC(C)(C)C)c[nH]1. The molecule has 0 saturated carbocycles. The van der Waals surface area contributed by atoms with E-state index in [9.17, 15) is 9.59 Å². The molecule has 1 atom stereocenters. The maximum Gasteiger partial charge on any atom is 0.312 e. The van der Waals surface area contributed by atoms with Crippen molar-refractivity contribution in [3.05, 3.63) is 28.2 Å². The average Bonchev–Trinajstić information content (AvgIpc) is 2.18. The molecule has 5 heteroatoms. The van der Waals surface area contributed by atoms with Crippen LogP contribution in [0.4, 0.5) is 0 Å². The average molecular weight is 255 g/mol. The lowest BCUT2D eigenvalue weighted by molar-refractivity contribution is -0.138. The lowest BCUT2D eigenvalue weighted by atomic mass is 10.1. The number of carboxylic acid groups (broad SMARTS) is 1. The van der Waals surface area contributed by atoms with Crippen LogP contribution in [0.3, 0.4) is 0 Å². The topological polar surface area (TPSA) is 70.2 Å². The van der Waals surface area contributed by atoms with Gasteiger partial charge in [0, 0.05) is 22.7 Å². The summed E-state index contributed by atoms with van der Waals surface area (Å²) < 4.78 is -0.0487. The van der Waals surface area contributed by atoms with Gasteiger partial charge < -0.3 is 10.1 Å². The van der Waals surface area contributed by atoms with Gasteiger partial charge in [0.1, 0.15) is 0 Å². The van der Waals surface area contributed by atoms with E-state index < -0.39 is 11.9 Å². The minimum atomic E-state index is -0.947. The third-order valence-corrected chi connectivity index (χ3v) is 3.30. The first-order chi connectivity index (χ1) is 7.70. The molecule has 2 N–H and O–H groups in total. The minimum Gasteiger partial charge on any atom is -0.481 e. The monoisotopic (exact) mass is 255 g/mol. The number of carbonyl (C=O) groups is 1. The fraction of sp³-hybridized carbons (Fsp3) is 0.500. The van der Waals surface area contributed by atoms with Gasteiger partial charge in [-0.3, -0.25) is 9.59 Å². The Morgan fingerprint density at radius 2 is 2.06 bits per heavy atom. The lowest BCUT2D eigenvalue weighted by Crippen LogP contribution is -2.16. The van der Waals surface area contributed by atoms with E-state index in [1.165, 1.54) is 17.8 Å². The fourth-order valence-electron chi connectivity index (χ4n) is 1.27. The maximum atomic E-state index is 11.8. The highest BCUT2D eigenvalue weighted by Gasteiger charge is 2.18. The van der Waals surface area contributed by atoms with E-state index in [2.05, 4.69) is 4.98 Å². The number of nitrogens with one attached hydrogen (secondary N) is 1. The summed E-state index contributed by atoms with van der Waals surface area (Å²) in [7, 11) is 0. The van der Waals surface area contributed by atoms with Crippen LogP contribution in [0.25, 0.3) is 0 Å². The molecule has 0 bridgehead atoms. The van der Waals surface area contributed by atoms with Crippen molar-refractivity contribution in [3.63, 3.8) is 0 Å². The molecular weight excluding hydrogens is 238 g/mol. The second-order valence-corrected chi connectivity index (χ2v) is 6.76. The highest BCUT2D eigenvalue weighted by molar-refractivity contribution is 8.00. The van der Waals surface area contributed by atoms with Crippen molar-refractivity contribution in [3.8, 4) is 0 Å². The normalized spacial score (nSPS) is 13.4. The molecule has 4 nitrogen and oxygen atoms in total. The summed E-state index contributed by atoms with van der Waals surface area (Å²) in [4.78, 5) is 26.1. The Balaban J connectivity index is 3.03. The van der Waals surface area contributed by atoms with Gasteiger partial charge in [0.15, 0.2) is 5.43 Å². The van der Waals surface area contributed by atoms with Gasteiger partial charge in [-0.25, -0.2) is 0 Å². The van der Waals surface area contributed by atoms with Crippen molar-refractivity contribution in [1.82, 2.24) is 4.98 Å². The molecule has 0 radical (unpaired) electrons. The Labute approximate surface area is 104 Å². The van der Waals surface area contributed by atoms with Gasteiger partial charge in [0.2, 0.25) is 0 Å². The van der Waals surface area contributed by atoms with Crippen LogP contribution in [0, 0.1) is 0 Å². The zero-order valence-corrected chi connectivity index (χ0v) is 11.2. The smallest absolute Gasteiger partial charge is 0.312 e.